The van der Waals surface area contributed by atoms with E-state index in [4.69, 9.17) is 4.74 Å². The Hall–Kier alpha value is -0.600. The van der Waals surface area contributed by atoms with Crippen molar-refractivity contribution in [2.75, 3.05) is 0 Å². The highest BCUT2D eigenvalue weighted by Gasteiger charge is 2.31. The van der Waals surface area contributed by atoms with Crippen molar-refractivity contribution in [1.82, 2.24) is 0 Å². The second-order valence-corrected chi connectivity index (χ2v) is 4.61. The standard InChI is InChI=1S/C12H21FO2/c1-3-9-12(2,13)15-11(14)10-7-5-4-6-8-10/h10H,3-9H2,1-2H3. The van der Waals surface area contributed by atoms with Gasteiger partial charge in [-0.1, -0.05) is 26.2 Å². The van der Waals surface area contributed by atoms with Crippen LogP contribution < -0.4 is 0 Å². The third-order valence-corrected chi connectivity index (χ3v) is 2.95. The molecule has 0 saturated heterocycles. The molecule has 1 fully saturated rings. The first kappa shape index (κ1) is 12.5. The zero-order chi connectivity index (χ0) is 11.3. The zero-order valence-electron chi connectivity index (χ0n) is 9.72. The summed E-state index contributed by atoms with van der Waals surface area (Å²) in [6.07, 6.45) is 6.01. The van der Waals surface area contributed by atoms with Crippen LogP contribution in [-0.2, 0) is 9.53 Å². The van der Waals surface area contributed by atoms with Crippen molar-refractivity contribution in [2.45, 2.75) is 64.6 Å². The molecule has 0 bridgehead atoms. The van der Waals surface area contributed by atoms with Crippen molar-refractivity contribution in [3.8, 4) is 0 Å². The molecule has 0 amide bonds. The fourth-order valence-electron chi connectivity index (χ4n) is 2.13. The highest BCUT2D eigenvalue weighted by molar-refractivity contribution is 5.72. The van der Waals surface area contributed by atoms with E-state index in [-0.39, 0.29) is 18.3 Å². The van der Waals surface area contributed by atoms with Crippen LogP contribution in [0.4, 0.5) is 4.39 Å². The largest absolute Gasteiger partial charge is 0.429 e. The summed E-state index contributed by atoms with van der Waals surface area (Å²) >= 11 is 0. The Labute approximate surface area is 91.2 Å². The molecule has 0 aliphatic heterocycles. The van der Waals surface area contributed by atoms with Crippen LogP contribution in [0.15, 0.2) is 0 Å². The van der Waals surface area contributed by atoms with E-state index in [1.54, 1.807) is 0 Å². The molecule has 1 saturated carbocycles. The minimum atomic E-state index is -1.77. The molecule has 0 radical (unpaired) electrons. The molecule has 0 heterocycles. The van der Waals surface area contributed by atoms with Gasteiger partial charge in [-0.05, 0) is 19.3 Å². The molecular weight excluding hydrogens is 195 g/mol. The van der Waals surface area contributed by atoms with Crippen LogP contribution in [0.25, 0.3) is 0 Å². The van der Waals surface area contributed by atoms with Gasteiger partial charge in [-0.25, -0.2) is 0 Å². The van der Waals surface area contributed by atoms with E-state index in [9.17, 15) is 9.18 Å². The van der Waals surface area contributed by atoms with Gasteiger partial charge in [0.15, 0.2) is 0 Å². The number of alkyl halides is 1. The number of ether oxygens (including phenoxy) is 1. The number of hydrogen-bond donors (Lipinski definition) is 0. The van der Waals surface area contributed by atoms with E-state index in [0.717, 1.165) is 25.7 Å². The lowest BCUT2D eigenvalue weighted by molar-refractivity contribution is -0.185. The Morgan fingerprint density at radius 3 is 2.53 bits per heavy atom. The predicted molar refractivity (Wildman–Crippen MR) is 57.1 cm³/mol. The summed E-state index contributed by atoms with van der Waals surface area (Å²) in [5.41, 5.74) is 0. The van der Waals surface area contributed by atoms with Crippen LogP contribution in [0, 0.1) is 5.92 Å². The van der Waals surface area contributed by atoms with Gasteiger partial charge >= 0.3 is 5.97 Å². The third kappa shape index (κ3) is 4.18. The quantitative estimate of drug-likeness (QED) is 0.671. The molecule has 0 spiro atoms. The molecule has 0 aromatic carbocycles. The summed E-state index contributed by atoms with van der Waals surface area (Å²) in [5, 5.41) is 0. The number of esters is 1. The van der Waals surface area contributed by atoms with Crippen LogP contribution in [0.1, 0.15) is 58.8 Å². The average Bonchev–Trinajstić information content (AvgIpc) is 2.18. The van der Waals surface area contributed by atoms with Gasteiger partial charge in [0.25, 0.3) is 0 Å². The lowest BCUT2D eigenvalue weighted by Gasteiger charge is -2.25. The van der Waals surface area contributed by atoms with Crippen molar-refractivity contribution in [3.63, 3.8) is 0 Å². The molecule has 88 valence electrons. The Kier molecular flexibility index (Phi) is 4.55. The molecule has 2 nitrogen and oxygen atoms in total. The highest BCUT2D eigenvalue weighted by atomic mass is 19.2. The number of carbonyl (C=O) groups excluding carboxylic acids is 1. The van der Waals surface area contributed by atoms with Gasteiger partial charge in [-0.3, -0.25) is 4.79 Å². The second kappa shape index (κ2) is 5.47. The minimum absolute atomic E-state index is 0.0642. The lowest BCUT2D eigenvalue weighted by Crippen LogP contribution is -2.31. The summed E-state index contributed by atoms with van der Waals surface area (Å²) in [6, 6.07) is 0. The van der Waals surface area contributed by atoms with Crippen LogP contribution >= 0.6 is 0 Å². The van der Waals surface area contributed by atoms with E-state index >= 15 is 0 Å². The maximum absolute atomic E-state index is 13.7. The highest BCUT2D eigenvalue weighted by Crippen LogP contribution is 2.28. The maximum Gasteiger partial charge on any atom is 0.311 e. The molecule has 1 rings (SSSR count). The first-order valence-corrected chi connectivity index (χ1v) is 5.97. The molecule has 1 unspecified atom stereocenters. The Balaban J connectivity index is 2.39. The van der Waals surface area contributed by atoms with Gasteiger partial charge in [0.1, 0.15) is 0 Å². The van der Waals surface area contributed by atoms with Gasteiger partial charge in [-0.15, -0.1) is 0 Å². The van der Waals surface area contributed by atoms with Crippen LogP contribution in [0.2, 0.25) is 0 Å². The summed E-state index contributed by atoms with van der Waals surface area (Å²) in [6.45, 7) is 3.23. The van der Waals surface area contributed by atoms with E-state index < -0.39 is 5.85 Å². The van der Waals surface area contributed by atoms with Crippen molar-refractivity contribution < 1.29 is 13.9 Å². The summed E-state index contributed by atoms with van der Waals surface area (Å²) in [5.74, 6) is -2.18. The Bertz CT molecular complexity index is 208. The van der Waals surface area contributed by atoms with E-state index in [1.165, 1.54) is 13.3 Å². The molecule has 1 aliphatic rings. The molecule has 0 aromatic rings. The van der Waals surface area contributed by atoms with E-state index in [0.29, 0.717) is 6.42 Å². The molecule has 1 aliphatic carbocycles. The van der Waals surface area contributed by atoms with Crippen molar-refractivity contribution in [3.05, 3.63) is 0 Å². The molecule has 0 N–H and O–H groups in total. The van der Waals surface area contributed by atoms with Crippen LogP contribution in [0.3, 0.4) is 0 Å². The first-order chi connectivity index (χ1) is 7.05. The Morgan fingerprint density at radius 2 is 2.00 bits per heavy atom. The van der Waals surface area contributed by atoms with Gasteiger partial charge in [0.2, 0.25) is 5.85 Å². The fourth-order valence-corrected chi connectivity index (χ4v) is 2.13. The summed E-state index contributed by atoms with van der Waals surface area (Å²) < 4.78 is 18.6. The van der Waals surface area contributed by atoms with Crippen molar-refractivity contribution in [1.29, 1.82) is 0 Å². The average molecular weight is 216 g/mol. The monoisotopic (exact) mass is 216 g/mol. The normalized spacial score (nSPS) is 22.1. The summed E-state index contributed by atoms with van der Waals surface area (Å²) in [4.78, 5) is 11.6. The van der Waals surface area contributed by atoms with Crippen molar-refractivity contribution in [2.24, 2.45) is 5.92 Å². The molecule has 15 heavy (non-hydrogen) atoms. The minimum Gasteiger partial charge on any atom is -0.429 e. The Morgan fingerprint density at radius 1 is 1.40 bits per heavy atom. The van der Waals surface area contributed by atoms with Gasteiger partial charge in [-0.2, -0.15) is 4.39 Å². The lowest BCUT2D eigenvalue weighted by atomic mass is 9.89. The molecule has 0 aromatic heterocycles. The first-order valence-electron chi connectivity index (χ1n) is 5.97. The van der Waals surface area contributed by atoms with E-state index in [1.807, 2.05) is 6.92 Å². The number of halogens is 1. The maximum atomic E-state index is 13.7. The molecular formula is C12H21FO2. The number of hydrogen-bond acceptors (Lipinski definition) is 2. The fraction of sp³-hybridized carbons (Fsp3) is 0.917. The van der Waals surface area contributed by atoms with Gasteiger partial charge in [0, 0.05) is 13.3 Å². The third-order valence-electron chi connectivity index (χ3n) is 2.95. The molecule has 3 heteroatoms. The smallest absolute Gasteiger partial charge is 0.311 e. The van der Waals surface area contributed by atoms with Crippen LogP contribution in [0.5, 0.6) is 0 Å². The van der Waals surface area contributed by atoms with Crippen molar-refractivity contribution >= 4 is 5.97 Å². The second-order valence-electron chi connectivity index (χ2n) is 4.61. The number of rotatable bonds is 4. The van der Waals surface area contributed by atoms with E-state index in [2.05, 4.69) is 0 Å². The predicted octanol–water partition coefficient (Wildman–Crippen LogP) is 3.60. The topological polar surface area (TPSA) is 26.3 Å². The SMILES string of the molecule is CCCC(C)(F)OC(=O)C1CCCCC1. The number of carbonyl (C=O) groups is 1. The zero-order valence-corrected chi connectivity index (χ0v) is 9.72. The van der Waals surface area contributed by atoms with Gasteiger partial charge < -0.3 is 4.74 Å². The molecule has 1 atom stereocenters. The van der Waals surface area contributed by atoms with Crippen LogP contribution in [-0.4, -0.2) is 11.8 Å². The van der Waals surface area contributed by atoms with Gasteiger partial charge in [0.05, 0.1) is 5.92 Å². The summed E-state index contributed by atoms with van der Waals surface area (Å²) in [7, 11) is 0.